The van der Waals surface area contributed by atoms with E-state index in [0.29, 0.717) is 0 Å². The van der Waals surface area contributed by atoms with E-state index in [9.17, 15) is 4.79 Å². The van der Waals surface area contributed by atoms with Gasteiger partial charge in [-0.1, -0.05) is 12.1 Å². The molecule has 0 saturated heterocycles. The van der Waals surface area contributed by atoms with E-state index in [1.54, 1.807) is 28.3 Å². The smallest absolute Gasteiger partial charge is 0.228 e. The highest BCUT2D eigenvalue weighted by Crippen LogP contribution is 2.24. The molecule has 0 radical (unpaired) electrons. The van der Waals surface area contributed by atoms with Crippen LogP contribution in [-0.2, 0) is 11.2 Å². The van der Waals surface area contributed by atoms with Crippen molar-refractivity contribution in [3.8, 4) is 16.3 Å². The van der Waals surface area contributed by atoms with Crippen molar-refractivity contribution in [3.63, 3.8) is 0 Å². The fraction of sp³-hybridized carbons (Fsp3) is 0.190. The Balaban J connectivity index is 1.42. The number of hydrogen-bond donors (Lipinski definition) is 0. The summed E-state index contributed by atoms with van der Waals surface area (Å²) in [4.78, 5) is 27.2. The summed E-state index contributed by atoms with van der Waals surface area (Å²) >= 11 is 1.53. The van der Waals surface area contributed by atoms with Crippen LogP contribution < -0.4 is 0 Å². The number of carbonyl (C=O) groups is 1. The minimum absolute atomic E-state index is 0.0286. The third-order valence-electron chi connectivity index (χ3n) is 4.83. The summed E-state index contributed by atoms with van der Waals surface area (Å²) < 4.78 is 1.70. The molecule has 1 amide bonds. The first-order valence-electron chi connectivity index (χ1n) is 9.17. The van der Waals surface area contributed by atoms with Crippen LogP contribution in [0.4, 0.5) is 0 Å². The zero-order valence-electron chi connectivity index (χ0n) is 16.1. The monoisotopic (exact) mass is 404 g/mol. The van der Waals surface area contributed by atoms with E-state index in [-0.39, 0.29) is 18.4 Å². The maximum atomic E-state index is 12.8. The number of carbonyl (C=O) groups excluding carboxylic acids is 1. The molecule has 3 aromatic heterocycles. The second kappa shape index (κ2) is 8.32. The molecule has 1 aromatic carbocycles. The maximum Gasteiger partial charge on any atom is 0.228 e. The average molecular weight is 404 g/mol. The van der Waals surface area contributed by atoms with Crippen molar-refractivity contribution in [2.45, 2.75) is 19.4 Å². The Morgan fingerprint density at radius 3 is 2.72 bits per heavy atom. The third-order valence-corrected chi connectivity index (χ3v) is 5.77. The highest BCUT2D eigenvalue weighted by molar-refractivity contribution is 7.13. The molecule has 8 heteroatoms. The average Bonchev–Trinajstić information content (AvgIpc) is 3.46. The SMILES string of the molecule is CC(c1ccc(-n2cncn2)cc1)N(C)C(=O)Cc1csc(-c2cccnc2)n1. The van der Waals surface area contributed by atoms with Crippen molar-refractivity contribution < 1.29 is 4.79 Å². The second-order valence-corrected chi connectivity index (χ2v) is 7.53. The number of pyridine rings is 1. The molecule has 3 heterocycles. The molecule has 0 bridgehead atoms. The van der Waals surface area contributed by atoms with Crippen molar-refractivity contribution in [1.29, 1.82) is 0 Å². The van der Waals surface area contributed by atoms with Crippen LogP contribution >= 0.6 is 11.3 Å². The van der Waals surface area contributed by atoms with Gasteiger partial charge in [-0.25, -0.2) is 14.6 Å². The molecule has 0 aliphatic rings. The fourth-order valence-electron chi connectivity index (χ4n) is 2.98. The van der Waals surface area contributed by atoms with E-state index in [1.165, 1.54) is 17.7 Å². The van der Waals surface area contributed by atoms with Crippen molar-refractivity contribution in [2.75, 3.05) is 7.05 Å². The van der Waals surface area contributed by atoms with Gasteiger partial charge in [-0.2, -0.15) is 5.10 Å². The molecular weight excluding hydrogens is 384 g/mol. The van der Waals surface area contributed by atoms with Crippen molar-refractivity contribution in [2.24, 2.45) is 0 Å². The lowest BCUT2D eigenvalue weighted by atomic mass is 10.1. The van der Waals surface area contributed by atoms with Crippen LogP contribution in [0.2, 0.25) is 0 Å². The Bertz CT molecular complexity index is 1080. The number of likely N-dealkylation sites (N-methyl/N-ethyl adjacent to an activating group) is 1. The highest BCUT2D eigenvalue weighted by Gasteiger charge is 2.19. The molecule has 0 aliphatic heterocycles. The molecule has 0 saturated carbocycles. The zero-order valence-corrected chi connectivity index (χ0v) is 17.0. The fourth-order valence-corrected chi connectivity index (χ4v) is 3.79. The van der Waals surface area contributed by atoms with Gasteiger partial charge in [0.2, 0.25) is 5.91 Å². The standard InChI is InChI=1S/C21H20N6OS/c1-15(16-5-7-19(8-6-16)27-14-23-13-24-27)26(2)20(28)10-18-12-29-21(25-18)17-4-3-9-22-11-17/h3-9,11-15H,10H2,1-2H3. The number of aromatic nitrogens is 5. The Morgan fingerprint density at radius 1 is 1.21 bits per heavy atom. The minimum Gasteiger partial charge on any atom is -0.339 e. The Morgan fingerprint density at radius 2 is 2.03 bits per heavy atom. The number of nitrogens with zero attached hydrogens (tertiary/aromatic N) is 6. The summed E-state index contributed by atoms with van der Waals surface area (Å²) in [6.07, 6.45) is 6.94. The first-order chi connectivity index (χ1) is 14.1. The van der Waals surface area contributed by atoms with Crippen LogP contribution in [0, 0.1) is 0 Å². The molecular formula is C21H20N6OS. The Hall–Kier alpha value is -3.39. The van der Waals surface area contributed by atoms with Crippen LogP contribution in [-0.4, -0.2) is 42.6 Å². The first-order valence-corrected chi connectivity index (χ1v) is 10.0. The molecule has 0 N–H and O–H groups in total. The van der Waals surface area contributed by atoms with Crippen molar-refractivity contribution in [1.82, 2.24) is 29.6 Å². The lowest BCUT2D eigenvalue weighted by molar-refractivity contribution is -0.131. The molecule has 1 unspecified atom stereocenters. The van der Waals surface area contributed by atoms with Gasteiger partial charge in [-0.05, 0) is 36.8 Å². The molecule has 0 fully saturated rings. The Kier molecular flexibility index (Phi) is 5.44. The van der Waals surface area contributed by atoms with E-state index in [2.05, 4.69) is 20.1 Å². The van der Waals surface area contributed by atoms with Gasteiger partial charge in [0.25, 0.3) is 0 Å². The van der Waals surface area contributed by atoms with Gasteiger partial charge in [0.15, 0.2) is 0 Å². The molecule has 1 atom stereocenters. The van der Waals surface area contributed by atoms with Gasteiger partial charge in [-0.3, -0.25) is 9.78 Å². The maximum absolute atomic E-state index is 12.8. The van der Waals surface area contributed by atoms with E-state index >= 15 is 0 Å². The first kappa shape index (κ1) is 18.9. The van der Waals surface area contributed by atoms with Crippen molar-refractivity contribution in [3.05, 3.63) is 78.1 Å². The summed E-state index contributed by atoms with van der Waals surface area (Å²) in [5, 5.41) is 6.94. The number of thiazole rings is 1. The molecule has 7 nitrogen and oxygen atoms in total. The summed E-state index contributed by atoms with van der Waals surface area (Å²) in [7, 11) is 1.83. The van der Waals surface area contributed by atoms with Gasteiger partial charge >= 0.3 is 0 Å². The van der Waals surface area contributed by atoms with Gasteiger partial charge in [-0.15, -0.1) is 11.3 Å². The van der Waals surface area contributed by atoms with E-state index in [0.717, 1.165) is 27.5 Å². The van der Waals surface area contributed by atoms with Crippen LogP contribution in [0.3, 0.4) is 0 Å². The van der Waals surface area contributed by atoms with Gasteiger partial charge in [0, 0.05) is 30.4 Å². The van der Waals surface area contributed by atoms with Crippen molar-refractivity contribution >= 4 is 17.2 Å². The largest absolute Gasteiger partial charge is 0.339 e. The normalized spacial score (nSPS) is 11.9. The lowest BCUT2D eigenvalue weighted by Gasteiger charge is -2.25. The molecule has 29 heavy (non-hydrogen) atoms. The van der Waals surface area contributed by atoms with Crippen LogP contribution in [0.15, 0.2) is 66.8 Å². The molecule has 4 rings (SSSR count). The van der Waals surface area contributed by atoms with E-state index < -0.39 is 0 Å². The second-order valence-electron chi connectivity index (χ2n) is 6.67. The summed E-state index contributed by atoms with van der Waals surface area (Å²) in [5.74, 6) is 0.0286. The number of amides is 1. The quantitative estimate of drug-likeness (QED) is 0.491. The topological polar surface area (TPSA) is 76.8 Å². The van der Waals surface area contributed by atoms with Crippen LogP contribution in [0.5, 0.6) is 0 Å². The van der Waals surface area contributed by atoms with Gasteiger partial charge in [0.1, 0.15) is 17.7 Å². The summed E-state index contributed by atoms with van der Waals surface area (Å²) in [6.45, 7) is 2.02. The van der Waals surface area contributed by atoms with E-state index in [1.807, 2.05) is 55.7 Å². The predicted octanol–water partition coefficient (Wildman–Crippen LogP) is 3.55. The van der Waals surface area contributed by atoms with Crippen LogP contribution in [0.25, 0.3) is 16.3 Å². The molecule has 0 aliphatic carbocycles. The zero-order chi connectivity index (χ0) is 20.2. The molecule has 0 spiro atoms. The molecule has 146 valence electrons. The molecule has 4 aromatic rings. The predicted molar refractivity (Wildman–Crippen MR) is 112 cm³/mol. The number of benzene rings is 1. The summed E-state index contributed by atoms with van der Waals surface area (Å²) in [6, 6.07) is 11.8. The summed E-state index contributed by atoms with van der Waals surface area (Å²) in [5.41, 5.74) is 3.72. The van der Waals surface area contributed by atoms with Gasteiger partial charge in [0.05, 0.1) is 23.8 Å². The van der Waals surface area contributed by atoms with E-state index in [4.69, 9.17) is 0 Å². The lowest BCUT2D eigenvalue weighted by Crippen LogP contribution is -2.31. The van der Waals surface area contributed by atoms with Gasteiger partial charge < -0.3 is 4.90 Å². The minimum atomic E-state index is -0.0521. The highest BCUT2D eigenvalue weighted by atomic mass is 32.1. The number of hydrogen-bond acceptors (Lipinski definition) is 6. The van der Waals surface area contributed by atoms with Crippen LogP contribution in [0.1, 0.15) is 24.2 Å². The third kappa shape index (κ3) is 4.22. The number of rotatable bonds is 6. The Labute approximate surface area is 172 Å².